The van der Waals surface area contributed by atoms with Crippen molar-refractivity contribution < 1.29 is 96.4 Å². The molecule has 40 heteroatoms. The summed E-state index contributed by atoms with van der Waals surface area (Å²) < 4.78 is 49.4. The van der Waals surface area contributed by atoms with Crippen LogP contribution in [0.2, 0.25) is 0 Å². The van der Waals surface area contributed by atoms with Gasteiger partial charge in [-0.2, -0.15) is 10.1 Å². The van der Waals surface area contributed by atoms with E-state index in [1.54, 1.807) is 59.5 Å². The summed E-state index contributed by atoms with van der Waals surface area (Å²) in [4.78, 5) is 146. The maximum atomic E-state index is 14.8. The van der Waals surface area contributed by atoms with Crippen LogP contribution in [0.4, 0.5) is 23.7 Å². The van der Waals surface area contributed by atoms with E-state index in [0.29, 0.717) is 204 Å². The van der Waals surface area contributed by atoms with Crippen LogP contribution in [0.15, 0.2) is 125 Å². The molecule has 143 heavy (non-hydrogen) atoms. The molecule has 1 aliphatic carbocycles. The topological polar surface area (TPSA) is 503 Å². The predicted octanol–water partition coefficient (Wildman–Crippen LogP) is 7.43. The Bertz CT molecular complexity index is 5640. The molecule has 7 aromatic rings. The molecule has 14 rings (SSSR count). The molecule has 0 radical (unpaired) electrons. The molecule has 0 unspecified atom stereocenters. The zero-order valence-electron chi connectivity index (χ0n) is 83.9. The second kappa shape index (κ2) is 50.7. The van der Waals surface area contributed by atoms with Crippen molar-refractivity contribution in [2.45, 2.75) is 225 Å². The van der Waals surface area contributed by atoms with Crippen LogP contribution in [0, 0.1) is 35.5 Å². The number of fused-ring (bicyclic) bond motifs is 6. The number of hydrogen-bond acceptors (Lipinski definition) is 34. The van der Waals surface area contributed by atoms with E-state index in [1.165, 1.54) is 30.7 Å². The molecule has 2 aromatic carbocycles. The number of piperidine rings is 1. The first-order valence-corrected chi connectivity index (χ1v) is 50.3. The number of esters is 1. The number of nitrogens with two attached hydrogens (primary N) is 2. The number of ketones is 1. The number of carbonyl (C=O) groups is 7. The molecule has 16 atom stereocenters. The SMILES string of the molecule is CO[C@H]1C[C@@H]2CC[C@@H](C)[C@@](O)(O2)C(=O)C(=O)N2CCCC[C@H]2C(=O)O[C@H]([C@H](C)C[C@@H]2CC[C@@H](O)[C@H](OC)C2)C[C@@H](O)[C@H](C)/C=C(\C)[C@@H](O)[C@@H](OC)C(=NOCC(=O)NCc2cnc(N3CCN(C(=O)CCOCCN4CCN(c5ncc(C(=O)NCCOCCC(=O)N6CCc7cc(Cn8nc(-c9ccc%10oc(N)nc%10c9)c9c(N)ncnc98)ccc7C6)cn5)CC4)CC3)nc2)[C@H](C)C[C@H](C)/C=C/C=C/C=C/1C. The number of ether oxygens (including phenoxy) is 7. The first-order valence-electron chi connectivity index (χ1n) is 50.3. The third-order valence-electron chi connectivity index (χ3n) is 28.9. The van der Waals surface area contributed by atoms with Gasteiger partial charge in [0.15, 0.2) is 17.8 Å². The quantitative estimate of drug-likeness (QED) is 0.00742. The molecule has 5 amide bonds. The van der Waals surface area contributed by atoms with Crippen LogP contribution in [-0.2, 0) is 92.8 Å². The number of piperazine rings is 2. The minimum absolute atomic E-state index is 0.00139. The Balaban J connectivity index is 0.490. The van der Waals surface area contributed by atoms with Gasteiger partial charge in [-0.3, -0.25) is 33.7 Å². The van der Waals surface area contributed by atoms with Crippen LogP contribution >= 0.6 is 0 Å². The fourth-order valence-corrected chi connectivity index (χ4v) is 20.3. The smallest absolute Gasteiger partial charge is 0.329 e. The number of aromatic nitrogens is 9. The Morgan fingerprint density at radius 3 is 2.16 bits per heavy atom. The number of methoxy groups -OCH3 is 3. The van der Waals surface area contributed by atoms with Gasteiger partial charge in [0.05, 0.1) is 93.0 Å². The van der Waals surface area contributed by atoms with E-state index >= 15 is 0 Å². The number of carbonyl (C=O) groups excluding carboxylic acids is 7. The third kappa shape index (κ3) is 27.9. The number of benzene rings is 2. The van der Waals surface area contributed by atoms with Gasteiger partial charge in [0.2, 0.25) is 29.5 Å². The van der Waals surface area contributed by atoms with Crippen molar-refractivity contribution in [2.75, 3.05) is 154 Å². The van der Waals surface area contributed by atoms with E-state index in [2.05, 4.69) is 72.6 Å². The normalized spacial score (nSPS) is 27.4. The molecule has 0 spiro atoms. The molecule has 40 nitrogen and oxygen atoms in total. The number of rotatable bonds is 29. The molecular formula is C103H142N20O20. The Morgan fingerprint density at radius 2 is 1.43 bits per heavy atom. The summed E-state index contributed by atoms with van der Waals surface area (Å²) in [6, 6.07) is 10.7. The summed E-state index contributed by atoms with van der Waals surface area (Å²) in [6.07, 6.45) is 18.9. The lowest BCUT2D eigenvalue weighted by molar-refractivity contribution is -0.265. The number of anilines is 4. The lowest BCUT2D eigenvalue weighted by atomic mass is 9.78. The number of oxime groups is 1. The van der Waals surface area contributed by atoms with Gasteiger partial charge in [0.25, 0.3) is 29.5 Å². The summed E-state index contributed by atoms with van der Waals surface area (Å²) in [7, 11) is 4.59. The predicted molar refractivity (Wildman–Crippen MR) is 533 cm³/mol. The first kappa shape index (κ1) is 107. The number of nitrogens with one attached hydrogen (secondary N) is 2. The van der Waals surface area contributed by atoms with Gasteiger partial charge < -0.3 is 109 Å². The highest BCUT2D eigenvalue weighted by Crippen LogP contribution is 2.40. The molecule has 10 N–H and O–H groups in total. The first-order chi connectivity index (χ1) is 68.9. The number of amides is 5. The third-order valence-corrected chi connectivity index (χ3v) is 28.9. The summed E-state index contributed by atoms with van der Waals surface area (Å²) in [6.45, 7) is 21.2. The zero-order chi connectivity index (χ0) is 102. The monoisotopic (exact) mass is 1980 g/mol. The molecule has 6 aliphatic heterocycles. The fraction of sp³-hybridized carbons (Fsp3) is 0.592. The van der Waals surface area contributed by atoms with E-state index in [1.807, 2.05) is 95.7 Å². The highest BCUT2D eigenvalue weighted by molar-refractivity contribution is 6.39. The highest BCUT2D eigenvalue weighted by Gasteiger charge is 2.54. The van der Waals surface area contributed by atoms with E-state index in [9.17, 15) is 54.0 Å². The van der Waals surface area contributed by atoms with Gasteiger partial charge in [-0.05, 0) is 148 Å². The second-order valence-electron chi connectivity index (χ2n) is 39.2. The van der Waals surface area contributed by atoms with Gasteiger partial charge in [-0.15, -0.1) is 0 Å². The standard InChI is InChI=1S/C103H142N20O20/c1-63-16-12-11-13-17-64(2)83(135-8)52-77-24-19-69(7)103(134,143-77)94(130)98(132)122-31-15-14-18-79(122)99(133)141-84(66(4)48-70-21-25-80(124)85(50-70)136-9)53-81(125)65(3)47-68(6)92(129)93(137-10)90(67(5)46-63)116-140-61-86(126)107-54-72-55-108-101(109-56-72)120-39-37-118(38-40-120)87(127)28-43-139-45-41-117-33-35-119(36-34-117)102-110-57-76(58-111-102)97(131)106-30-44-138-42-29-88(128)121-32-27-73-49-71(20-22-75(73)60-121)59-123-96-89(95(104)112-62-113-96)91(115-123)74-23-26-82-78(51-74)114-100(105)142-82/h11-13,16-17,20,22-23,26,47,49,51,55-58,62-63,65-67,69-70,77,79-81,83-85,92-93,124-125,129,134H,14-15,18-19,21,24-25,27-46,48,50,52-54,59-61H2,1-10H3,(H2,105,114)(H,106,131)(H,107,126)(H2,104,112,113)/b13-11+,16-12+,64-17+,68-47+,116-90?/t63-,65-,66-,67-,69-,70+,77+,79+,80-,81-,83+,84+,85-,92-,93+,103-/m1/s1. The van der Waals surface area contributed by atoms with Crippen molar-refractivity contribution in [3.8, 4) is 11.3 Å². The Hall–Kier alpha value is -11.7. The van der Waals surface area contributed by atoms with Crippen molar-refractivity contribution in [1.82, 2.24) is 74.9 Å². The number of nitrogens with zero attached hydrogens (tertiary/aromatic N) is 16. The maximum Gasteiger partial charge on any atom is 0.329 e. The lowest BCUT2D eigenvalue weighted by Crippen LogP contribution is -2.61. The van der Waals surface area contributed by atoms with Crippen molar-refractivity contribution in [3.63, 3.8) is 0 Å². The molecule has 5 fully saturated rings. The number of Topliss-reactive ketones (excluding diaryl/α,β-unsaturated/α-hetero) is 1. The zero-order valence-corrected chi connectivity index (χ0v) is 83.9. The van der Waals surface area contributed by atoms with E-state index in [0.717, 1.165) is 40.9 Å². The van der Waals surface area contributed by atoms with Crippen LogP contribution in [0.3, 0.4) is 0 Å². The lowest BCUT2D eigenvalue weighted by Gasteiger charge is -2.43. The number of aliphatic hydroxyl groups is 4. The molecule has 2 bridgehead atoms. The molecule has 11 heterocycles. The molecule has 4 saturated heterocycles. The molecule has 7 aliphatic rings. The van der Waals surface area contributed by atoms with Crippen LogP contribution in [0.25, 0.3) is 33.4 Å². The highest BCUT2D eigenvalue weighted by atomic mass is 16.6. The number of hydrogen-bond donors (Lipinski definition) is 8. The summed E-state index contributed by atoms with van der Waals surface area (Å²) in [5.41, 5.74) is 21.2. The van der Waals surface area contributed by atoms with Gasteiger partial charge >= 0.3 is 5.97 Å². The Labute approximate surface area is 834 Å². The number of nitrogen functional groups attached to an aromatic ring is 2. The fourth-order valence-electron chi connectivity index (χ4n) is 20.3. The number of oxazole rings is 1. The largest absolute Gasteiger partial charge is 0.460 e. The average molecular weight is 1980 g/mol. The summed E-state index contributed by atoms with van der Waals surface area (Å²) in [5, 5.41) is 63.3. The molecule has 774 valence electrons. The van der Waals surface area contributed by atoms with Crippen LogP contribution in [0.1, 0.15) is 171 Å². The van der Waals surface area contributed by atoms with E-state index in [-0.39, 0.29) is 119 Å². The van der Waals surface area contributed by atoms with Crippen LogP contribution in [0.5, 0.6) is 0 Å². The summed E-state index contributed by atoms with van der Waals surface area (Å²) >= 11 is 0. The van der Waals surface area contributed by atoms with Crippen LogP contribution in [-0.4, -0.2) is 325 Å². The maximum absolute atomic E-state index is 14.8. The van der Waals surface area contributed by atoms with Crippen molar-refractivity contribution in [2.24, 2.45) is 40.7 Å². The summed E-state index contributed by atoms with van der Waals surface area (Å²) in [5.74, 6) is -6.99. The van der Waals surface area contributed by atoms with Crippen LogP contribution < -0.4 is 31.9 Å². The molecule has 1 saturated carbocycles. The second-order valence-corrected chi connectivity index (χ2v) is 39.2. The van der Waals surface area contributed by atoms with Gasteiger partial charge in [0.1, 0.15) is 47.7 Å². The van der Waals surface area contributed by atoms with E-state index in [4.69, 9.17) is 59.0 Å². The van der Waals surface area contributed by atoms with Crippen molar-refractivity contribution in [1.29, 1.82) is 0 Å². The minimum atomic E-state index is -2.47. The number of cyclic esters (lactones) is 1. The average Bonchev–Trinajstić information content (AvgIpc) is 1.62. The molecule has 5 aromatic heterocycles. The van der Waals surface area contributed by atoms with Gasteiger partial charge in [-0.1, -0.05) is 94.4 Å². The van der Waals surface area contributed by atoms with E-state index < -0.39 is 102 Å². The van der Waals surface area contributed by atoms with Gasteiger partial charge in [-0.25, -0.2) is 39.4 Å². The van der Waals surface area contributed by atoms with Crippen molar-refractivity contribution >= 4 is 92.9 Å². The Morgan fingerprint density at radius 1 is 0.699 bits per heavy atom. The molecular weight excluding hydrogens is 1840 g/mol. The Kier molecular flexibility index (Phi) is 38.0. The number of aliphatic hydroxyl groups excluding tert-OH is 3. The number of allylic oxidation sites excluding steroid dienone is 5. The van der Waals surface area contributed by atoms with Crippen molar-refractivity contribution in [3.05, 3.63) is 143 Å². The van der Waals surface area contributed by atoms with Gasteiger partial charge in [0, 0.05) is 179 Å². The minimum Gasteiger partial charge on any atom is -0.460 e.